The molecule has 0 saturated heterocycles. The summed E-state index contributed by atoms with van der Waals surface area (Å²) in [7, 11) is 0. The van der Waals surface area contributed by atoms with Crippen molar-refractivity contribution in [1.29, 1.82) is 0 Å². The predicted molar refractivity (Wildman–Crippen MR) is 72.2 cm³/mol. The number of aryl methyl sites for hydroxylation is 1. The highest BCUT2D eigenvalue weighted by Crippen LogP contribution is 2.35. The molecule has 3 heteroatoms. The Bertz CT molecular complexity index is 622. The van der Waals surface area contributed by atoms with Gasteiger partial charge < -0.3 is 5.32 Å². The van der Waals surface area contributed by atoms with Crippen molar-refractivity contribution < 1.29 is 8.78 Å². The van der Waals surface area contributed by atoms with Crippen LogP contribution in [0.2, 0.25) is 0 Å². The Labute approximate surface area is 111 Å². The summed E-state index contributed by atoms with van der Waals surface area (Å²) < 4.78 is 27.5. The molecule has 2 aromatic rings. The average Bonchev–Trinajstić information content (AvgIpc) is 2.78. The highest BCUT2D eigenvalue weighted by Gasteiger charge is 2.25. The van der Waals surface area contributed by atoms with Gasteiger partial charge in [-0.25, -0.2) is 8.78 Å². The Hall–Kier alpha value is -1.90. The number of benzene rings is 2. The molecule has 1 unspecified atom stereocenters. The van der Waals surface area contributed by atoms with Crippen LogP contribution in [0, 0.1) is 18.6 Å². The molecule has 0 amide bonds. The van der Waals surface area contributed by atoms with Gasteiger partial charge in [-0.05, 0) is 54.7 Å². The molecular weight excluding hydrogens is 244 g/mol. The first-order chi connectivity index (χ1) is 9.15. The van der Waals surface area contributed by atoms with Crippen LogP contribution in [0.15, 0.2) is 36.4 Å². The van der Waals surface area contributed by atoms with E-state index in [-0.39, 0.29) is 17.7 Å². The molecule has 1 nitrogen and oxygen atoms in total. The molecule has 0 saturated carbocycles. The summed E-state index contributed by atoms with van der Waals surface area (Å²) in [5.41, 5.74) is 3.07. The molecule has 0 radical (unpaired) electrons. The molecule has 1 atom stereocenters. The largest absolute Gasteiger partial charge is 0.376 e. The van der Waals surface area contributed by atoms with Crippen molar-refractivity contribution in [2.24, 2.45) is 0 Å². The minimum Gasteiger partial charge on any atom is -0.376 e. The number of anilines is 1. The van der Waals surface area contributed by atoms with Gasteiger partial charge in [-0.15, -0.1) is 0 Å². The van der Waals surface area contributed by atoms with Gasteiger partial charge in [0.2, 0.25) is 0 Å². The number of hydrogen-bond acceptors (Lipinski definition) is 1. The standard InChI is InChI=1S/C16H15F2N/c1-10-5-7-16(14(18)9-10)19-15-8-6-11-12(15)3-2-4-13(11)17/h2-5,7,9,15,19H,6,8H2,1H3. The minimum atomic E-state index is -0.259. The smallest absolute Gasteiger partial charge is 0.146 e. The number of rotatable bonds is 2. The SMILES string of the molecule is Cc1ccc(NC2CCc3c(F)cccc32)c(F)c1. The van der Waals surface area contributed by atoms with Crippen molar-refractivity contribution >= 4 is 5.69 Å². The fraction of sp³-hybridized carbons (Fsp3) is 0.250. The predicted octanol–water partition coefficient (Wildman–Crippen LogP) is 4.37. The lowest BCUT2D eigenvalue weighted by Gasteiger charge is -2.16. The van der Waals surface area contributed by atoms with E-state index in [1.165, 1.54) is 12.1 Å². The van der Waals surface area contributed by atoms with Crippen LogP contribution < -0.4 is 5.32 Å². The third-order valence-electron chi connectivity index (χ3n) is 3.67. The number of fused-ring (bicyclic) bond motifs is 1. The molecule has 0 spiro atoms. The summed E-state index contributed by atoms with van der Waals surface area (Å²) in [6, 6.07) is 10.2. The fourth-order valence-corrected chi connectivity index (χ4v) is 2.68. The van der Waals surface area contributed by atoms with Gasteiger partial charge >= 0.3 is 0 Å². The zero-order valence-electron chi connectivity index (χ0n) is 10.7. The van der Waals surface area contributed by atoms with Crippen molar-refractivity contribution in [2.75, 3.05) is 5.32 Å². The van der Waals surface area contributed by atoms with E-state index in [0.717, 1.165) is 23.1 Å². The van der Waals surface area contributed by atoms with Crippen LogP contribution in [0.5, 0.6) is 0 Å². The zero-order valence-corrected chi connectivity index (χ0v) is 10.7. The third kappa shape index (κ3) is 2.21. The molecule has 0 aliphatic heterocycles. The number of nitrogens with one attached hydrogen (secondary N) is 1. The lowest BCUT2D eigenvalue weighted by molar-refractivity contribution is 0.612. The van der Waals surface area contributed by atoms with Crippen LogP contribution in [0.4, 0.5) is 14.5 Å². The number of hydrogen-bond donors (Lipinski definition) is 1. The number of halogens is 2. The molecule has 1 aliphatic carbocycles. The molecule has 0 fully saturated rings. The van der Waals surface area contributed by atoms with Crippen molar-refractivity contribution in [2.45, 2.75) is 25.8 Å². The van der Waals surface area contributed by atoms with Crippen molar-refractivity contribution in [1.82, 2.24) is 0 Å². The first-order valence-corrected chi connectivity index (χ1v) is 6.45. The Morgan fingerprint density at radius 3 is 2.74 bits per heavy atom. The van der Waals surface area contributed by atoms with Gasteiger partial charge in [-0.1, -0.05) is 18.2 Å². The summed E-state index contributed by atoms with van der Waals surface area (Å²) in [5, 5.41) is 3.18. The molecule has 98 valence electrons. The topological polar surface area (TPSA) is 12.0 Å². The lowest BCUT2D eigenvalue weighted by atomic mass is 10.1. The minimum absolute atomic E-state index is 0.0112. The van der Waals surface area contributed by atoms with E-state index >= 15 is 0 Å². The van der Waals surface area contributed by atoms with Gasteiger partial charge in [0.05, 0.1) is 11.7 Å². The molecule has 2 aromatic carbocycles. The molecule has 1 aliphatic rings. The molecule has 0 bridgehead atoms. The van der Waals surface area contributed by atoms with E-state index < -0.39 is 0 Å². The van der Waals surface area contributed by atoms with Crippen LogP contribution in [0.1, 0.15) is 29.2 Å². The van der Waals surface area contributed by atoms with E-state index in [2.05, 4.69) is 5.32 Å². The maximum Gasteiger partial charge on any atom is 0.146 e. The summed E-state index contributed by atoms with van der Waals surface area (Å²) >= 11 is 0. The van der Waals surface area contributed by atoms with Crippen LogP contribution >= 0.6 is 0 Å². The Kier molecular flexibility index (Phi) is 2.97. The van der Waals surface area contributed by atoms with Crippen LogP contribution in [0.25, 0.3) is 0 Å². The second-order valence-electron chi connectivity index (χ2n) is 5.03. The van der Waals surface area contributed by atoms with Gasteiger partial charge in [0.1, 0.15) is 11.6 Å². The summed E-state index contributed by atoms with van der Waals surface area (Å²) in [4.78, 5) is 0. The van der Waals surface area contributed by atoms with Crippen molar-refractivity contribution in [3.8, 4) is 0 Å². The molecule has 3 rings (SSSR count). The zero-order chi connectivity index (χ0) is 13.4. The summed E-state index contributed by atoms with van der Waals surface area (Å²) in [6.45, 7) is 1.85. The summed E-state index contributed by atoms with van der Waals surface area (Å²) in [6.07, 6.45) is 1.50. The summed E-state index contributed by atoms with van der Waals surface area (Å²) in [5.74, 6) is -0.420. The van der Waals surface area contributed by atoms with Crippen LogP contribution in [0.3, 0.4) is 0 Å². The van der Waals surface area contributed by atoms with Gasteiger partial charge in [0, 0.05) is 0 Å². The van der Waals surface area contributed by atoms with Gasteiger partial charge in [-0.2, -0.15) is 0 Å². The lowest BCUT2D eigenvalue weighted by Crippen LogP contribution is -2.08. The third-order valence-corrected chi connectivity index (χ3v) is 3.67. The normalized spacial score (nSPS) is 17.3. The van der Waals surface area contributed by atoms with Gasteiger partial charge in [-0.3, -0.25) is 0 Å². The average molecular weight is 259 g/mol. The molecule has 19 heavy (non-hydrogen) atoms. The van der Waals surface area contributed by atoms with E-state index in [0.29, 0.717) is 12.1 Å². The first-order valence-electron chi connectivity index (χ1n) is 6.45. The van der Waals surface area contributed by atoms with E-state index in [1.54, 1.807) is 12.1 Å². The van der Waals surface area contributed by atoms with E-state index in [9.17, 15) is 8.78 Å². The second-order valence-corrected chi connectivity index (χ2v) is 5.03. The quantitative estimate of drug-likeness (QED) is 0.844. The van der Waals surface area contributed by atoms with Crippen molar-refractivity contribution in [3.63, 3.8) is 0 Å². The molecule has 0 heterocycles. The maximum atomic E-state index is 13.8. The van der Waals surface area contributed by atoms with Gasteiger partial charge in [0.15, 0.2) is 0 Å². The molecule has 0 aromatic heterocycles. The molecular formula is C16H15F2N. The van der Waals surface area contributed by atoms with E-state index in [4.69, 9.17) is 0 Å². The highest BCUT2D eigenvalue weighted by atomic mass is 19.1. The molecule has 1 N–H and O–H groups in total. The Morgan fingerprint density at radius 2 is 1.95 bits per heavy atom. The fourth-order valence-electron chi connectivity index (χ4n) is 2.68. The van der Waals surface area contributed by atoms with Crippen LogP contribution in [-0.2, 0) is 6.42 Å². The second kappa shape index (κ2) is 4.65. The first kappa shape index (κ1) is 12.2. The van der Waals surface area contributed by atoms with Gasteiger partial charge in [0.25, 0.3) is 0 Å². The highest BCUT2D eigenvalue weighted by molar-refractivity contribution is 5.50. The monoisotopic (exact) mass is 259 g/mol. The Balaban J connectivity index is 1.89. The van der Waals surface area contributed by atoms with Crippen molar-refractivity contribution in [3.05, 3.63) is 64.7 Å². The van der Waals surface area contributed by atoms with E-state index in [1.807, 2.05) is 19.1 Å². The Morgan fingerprint density at radius 1 is 1.11 bits per heavy atom. The maximum absolute atomic E-state index is 13.8. The van der Waals surface area contributed by atoms with Crippen LogP contribution in [-0.4, -0.2) is 0 Å².